The minimum Gasteiger partial charge on any atom is -0.512 e. The van der Waals surface area contributed by atoms with Crippen LogP contribution in [-0.2, 0) is 24.9 Å². The Morgan fingerprint density at radius 1 is 0.795 bits per heavy atom. The van der Waals surface area contributed by atoms with Crippen LogP contribution in [0.5, 0.6) is 0 Å². The zero-order valence-corrected chi connectivity index (χ0v) is 26.4. The fraction of sp³-hybridized carbons (Fsp3) is 0.0526. The molecule has 1 N–H and O–H groups in total. The summed E-state index contributed by atoms with van der Waals surface area (Å²) in [5.74, 6) is 0.509. The van der Waals surface area contributed by atoms with Gasteiger partial charge in [-0.25, -0.2) is 4.39 Å². The van der Waals surface area contributed by atoms with Crippen LogP contribution in [0.2, 0.25) is 0 Å². The maximum Gasteiger partial charge on any atom is 0.155 e. The largest absolute Gasteiger partial charge is 0.512 e. The van der Waals surface area contributed by atoms with Crippen LogP contribution in [0.15, 0.2) is 132 Å². The van der Waals surface area contributed by atoms with Crippen LogP contribution in [0, 0.1) is 11.9 Å². The molecule has 0 aliphatic heterocycles. The first-order valence-corrected chi connectivity index (χ1v) is 13.8. The maximum atomic E-state index is 14.5. The molecule has 0 aliphatic carbocycles. The number of nitrogens with zero attached hydrogens (tertiary/aromatic N) is 1. The maximum absolute atomic E-state index is 14.5. The number of furan rings is 1. The molecule has 0 saturated heterocycles. The summed E-state index contributed by atoms with van der Waals surface area (Å²) in [5.41, 5.74) is 5.51. The molecule has 0 unspecified atom stereocenters. The summed E-state index contributed by atoms with van der Waals surface area (Å²) in [5, 5.41) is 12.6. The van der Waals surface area contributed by atoms with E-state index in [-0.39, 0.29) is 37.5 Å². The number of fused-ring (bicyclic) bond motifs is 4. The molecule has 6 heteroatoms. The molecule has 4 nitrogen and oxygen atoms in total. The van der Waals surface area contributed by atoms with E-state index < -0.39 is 0 Å². The van der Waals surface area contributed by atoms with Gasteiger partial charge in [-0.15, -0.1) is 12.1 Å². The van der Waals surface area contributed by atoms with Gasteiger partial charge in [0.15, 0.2) is 5.78 Å². The van der Waals surface area contributed by atoms with E-state index in [2.05, 4.69) is 24.3 Å². The van der Waals surface area contributed by atoms with Gasteiger partial charge in [0.25, 0.3) is 0 Å². The first-order valence-electron chi connectivity index (χ1n) is 13.8. The average molecular weight is 757 g/mol. The zero-order chi connectivity index (χ0) is 29.9. The van der Waals surface area contributed by atoms with E-state index in [0.29, 0.717) is 5.39 Å². The topological polar surface area (TPSA) is 63.3 Å². The fourth-order valence-electron chi connectivity index (χ4n) is 5.27. The predicted octanol–water partition coefficient (Wildman–Crippen LogP) is 10.1. The summed E-state index contributed by atoms with van der Waals surface area (Å²) in [7, 11) is 0. The summed E-state index contributed by atoms with van der Waals surface area (Å²) in [6, 6.07) is 38.9. The van der Waals surface area contributed by atoms with Crippen LogP contribution in [0.1, 0.15) is 13.8 Å². The van der Waals surface area contributed by atoms with Gasteiger partial charge in [-0.3, -0.25) is 9.78 Å². The summed E-state index contributed by atoms with van der Waals surface area (Å²) in [4.78, 5) is 14.8. The Bertz CT molecular complexity index is 2130. The Labute approximate surface area is 267 Å². The molecule has 0 spiro atoms. The minimum atomic E-state index is -0.223. The van der Waals surface area contributed by atoms with Gasteiger partial charge in [0.05, 0.1) is 17.1 Å². The summed E-state index contributed by atoms with van der Waals surface area (Å²) < 4.78 is 20.9. The molecule has 0 fully saturated rings. The third kappa shape index (κ3) is 6.23. The number of hydrogen-bond acceptors (Lipinski definition) is 4. The molecule has 2 heterocycles. The molecule has 44 heavy (non-hydrogen) atoms. The van der Waals surface area contributed by atoms with E-state index in [1.54, 1.807) is 12.3 Å². The Morgan fingerprint density at radius 2 is 1.45 bits per heavy atom. The SMILES string of the molecule is CC(=O)/C=C(/C)O.Fc1cccc2c1ccc1c(-c3[c-]c4cc(-c5ccccc5)oc4c(-c4ccccc4)c3)nccc12.[Ir]. The van der Waals surface area contributed by atoms with E-state index >= 15 is 0 Å². The van der Waals surface area contributed by atoms with Crippen LogP contribution in [0.25, 0.3) is 66.2 Å². The Balaban J connectivity index is 0.000000433. The number of pyridine rings is 1. The molecule has 1 radical (unpaired) electrons. The second-order valence-corrected chi connectivity index (χ2v) is 10.2. The number of aliphatic hydroxyl groups excluding tert-OH is 1. The monoisotopic (exact) mass is 757 g/mol. The normalized spacial score (nSPS) is 11.2. The van der Waals surface area contributed by atoms with Gasteiger partial charge in [0, 0.05) is 49.0 Å². The molecule has 7 rings (SSSR count). The number of hydrogen-bond donors (Lipinski definition) is 1. The van der Waals surface area contributed by atoms with Crippen LogP contribution >= 0.6 is 0 Å². The average Bonchev–Trinajstić information content (AvgIpc) is 3.45. The van der Waals surface area contributed by atoms with Crippen molar-refractivity contribution in [2.45, 2.75) is 13.8 Å². The first-order chi connectivity index (χ1) is 20.9. The van der Waals surface area contributed by atoms with Crippen LogP contribution < -0.4 is 0 Å². The third-order valence-corrected chi connectivity index (χ3v) is 7.09. The number of aromatic nitrogens is 1. The number of carbonyl (C=O) groups excluding carboxylic acids is 1. The number of ketones is 1. The van der Waals surface area contributed by atoms with Crippen LogP contribution in [-0.4, -0.2) is 15.9 Å². The zero-order valence-electron chi connectivity index (χ0n) is 24.0. The molecule has 0 aliphatic rings. The van der Waals surface area contributed by atoms with Crippen molar-refractivity contribution in [2.24, 2.45) is 0 Å². The van der Waals surface area contributed by atoms with Gasteiger partial charge in [0.1, 0.15) is 5.82 Å². The van der Waals surface area contributed by atoms with Crippen molar-refractivity contribution in [3.8, 4) is 33.7 Å². The molecule has 0 saturated carbocycles. The molecular weight excluding hydrogens is 730 g/mol. The van der Waals surface area contributed by atoms with Crippen molar-refractivity contribution in [3.63, 3.8) is 0 Å². The van der Waals surface area contributed by atoms with Crippen molar-refractivity contribution < 1.29 is 38.8 Å². The van der Waals surface area contributed by atoms with E-state index in [9.17, 15) is 9.18 Å². The van der Waals surface area contributed by atoms with Crippen molar-refractivity contribution >= 4 is 38.3 Å². The molecular formula is C38H27FIrNO3-. The van der Waals surface area contributed by atoms with Crippen molar-refractivity contribution in [3.05, 3.63) is 139 Å². The number of allylic oxidation sites excluding steroid dienone is 2. The summed E-state index contributed by atoms with van der Waals surface area (Å²) in [6.45, 7) is 2.85. The molecule has 0 bridgehead atoms. The van der Waals surface area contributed by atoms with Crippen LogP contribution in [0.3, 0.4) is 0 Å². The molecule has 5 aromatic carbocycles. The van der Waals surface area contributed by atoms with Crippen LogP contribution in [0.4, 0.5) is 4.39 Å². The third-order valence-electron chi connectivity index (χ3n) is 7.09. The summed E-state index contributed by atoms with van der Waals surface area (Å²) >= 11 is 0. The molecule has 0 amide bonds. The Morgan fingerprint density at radius 3 is 2.11 bits per heavy atom. The predicted molar refractivity (Wildman–Crippen MR) is 171 cm³/mol. The minimum absolute atomic E-state index is 0. The Kier molecular flexibility index (Phi) is 9.15. The van der Waals surface area contributed by atoms with Gasteiger partial charge in [-0.2, -0.15) is 0 Å². The van der Waals surface area contributed by atoms with E-state index in [0.717, 1.165) is 60.8 Å². The Hall–Kier alpha value is -4.90. The standard InChI is InChI=1S/C33H19FNO.C5H8O2.Ir/c34-30-13-7-12-25-26-16-17-35-32(28(26)15-14-27(25)30)23-18-24-20-31(22-10-5-2-6-11-22)36-33(24)29(19-23)21-8-3-1-4-9-21;1-4(6)3-5(2)7;/h1-17,19-20H;3,6H,1-2H3;/q-1;;/b;4-3-;. The fourth-order valence-corrected chi connectivity index (χ4v) is 5.27. The number of benzene rings is 5. The van der Waals surface area contributed by atoms with Gasteiger partial charge < -0.3 is 9.52 Å². The van der Waals surface area contributed by atoms with Crippen molar-refractivity contribution in [2.75, 3.05) is 0 Å². The first kappa shape index (κ1) is 30.6. The molecule has 219 valence electrons. The number of rotatable bonds is 4. The van der Waals surface area contributed by atoms with Gasteiger partial charge in [-0.05, 0) is 53.3 Å². The van der Waals surface area contributed by atoms with Gasteiger partial charge >= 0.3 is 0 Å². The van der Waals surface area contributed by atoms with E-state index in [1.165, 1.54) is 26.0 Å². The molecule has 7 aromatic rings. The van der Waals surface area contributed by atoms with E-state index in [1.807, 2.05) is 78.9 Å². The number of aliphatic hydroxyl groups is 1. The van der Waals surface area contributed by atoms with Crippen molar-refractivity contribution in [1.82, 2.24) is 4.98 Å². The number of carbonyl (C=O) groups is 1. The molecule has 2 aromatic heterocycles. The second-order valence-electron chi connectivity index (χ2n) is 10.2. The van der Waals surface area contributed by atoms with E-state index in [4.69, 9.17) is 14.5 Å². The molecule has 0 atom stereocenters. The van der Waals surface area contributed by atoms with Gasteiger partial charge in [-0.1, -0.05) is 102 Å². The van der Waals surface area contributed by atoms with Crippen molar-refractivity contribution in [1.29, 1.82) is 0 Å². The van der Waals surface area contributed by atoms with Gasteiger partial charge in [0.2, 0.25) is 0 Å². The number of halogens is 1. The quantitative estimate of drug-likeness (QED) is 0.0841. The smallest absolute Gasteiger partial charge is 0.155 e. The summed E-state index contributed by atoms with van der Waals surface area (Å²) in [6.07, 6.45) is 2.95. The second kappa shape index (κ2) is 13.2.